The van der Waals surface area contributed by atoms with Crippen LogP contribution in [0.25, 0.3) is 0 Å². The molecule has 0 bridgehead atoms. The Morgan fingerprint density at radius 3 is 2.37 bits per heavy atom. The third-order valence-corrected chi connectivity index (χ3v) is 6.33. The van der Waals surface area contributed by atoms with E-state index >= 15 is 0 Å². The Balaban J connectivity index is 0.00000320. The van der Waals surface area contributed by atoms with Gasteiger partial charge in [-0.15, -0.1) is 24.0 Å². The molecule has 1 aliphatic heterocycles. The van der Waals surface area contributed by atoms with Crippen molar-refractivity contribution >= 4 is 29.9 Å². The minimum atomic E-state index is 0. The quantitative estimate of drug-likeness (QED) is 0.323. The van der Waals surface area contributed by atoms with Gasteiger partial charge < -0.3 is 20.3 Å². The van der Waals surface area contributed by atoms with E-state index in [0.29, 0.717) is 0 Å². The predicted octanol–water partition coefficient (Wildman–Crippen LogP) is 3.07. The van der Waals surface area contributed by atoms with Crippen molar-refractivity contribution in [1.29, 1.82) is 0 Å². The number of hydrogen-bond acceptors (Lipinski definition) is 4. The Bertz CT molecular complexity index is 655. The molecule has 2 aliphatic rings. The van der Waals surface area contributed by atoms with Crippen LogP contribution in [0, 0.1) is 0 Å². The highest BCUT2D eigenvalue weighted by Gasteiger charge is 2.38. The minimum absolute atomic E-state index is 0. The first-order valence-corrected chi connectivity index (χ1v) is 11.1. The van der Waals surface area contributed by atoms with Crippen LogP contribution in [0.3, 0.4) is 0 Å². The number of nitrogens with zero attached hydrogens (tertiary/aromatic N) is 3. The number of aliphatic imine (C=N–C) groups is 1. The van der Waals surface area contributed by atoms with Crippen molar-refractivity contribution in [3.8, 4) is 0 Å². The lowest BCUT2D eigenvalue weighted by atomic mass is 9.80. The van der Waals surface area contributed by atoms with Crippen molar-refractivity contribution in [3.63, 3.8) is 0 Å². The minimum Gasteiger partial charge on any atom is -0.379 e. The molecule has 0 amide bonds. The fourth-order valence-electron chi connectivity index (χ4n) is 4.73. The van der Waals surface area contributed by atoms with E-state index in [2.05, 4.69) is 63.8 Å². The second-order valence-corrected chi connectivity index (χ2v) is 8.67. The highest BCUT2D eigenvalue weighted by molar-refractivity contribution is 14.0. The number of ether oxygens (including phenoxy) is 1. The SMILES string of the molecule is CN=C(NCc1ccccc1CN(C)C)NCC1(N2CCOCC2)CCCCC1.I. The van der Waals surface area contributed by atoms with E-state index in [1.807, 2.05) is 7.05 Å². The molecule has 1 aliphatic carbocycles. The molecule has 1 aromatic rings. The maximum atomic E-state index is 5.61. The Hall–Kier alpha value is -0.900. The molecule has 1 saturated carbocycles. The van der Waals surface area contributed by atoms with Crippen molar-refractivity contribution in [2.24, 2.45) is 4.99 Å². The summed E-state index contributed by atoms with van der Waals surface area (Å²) < 4.78 is 5.61. The molecule has 1 saturated heterocycles. The second kappa shape index (κ2) is 12.8. The zero-order valence-corrected chi connectivity index (χ0v) is 21.3. The average Bonchev–Trinajstić information content (AvgIpc) is 2.76. The summed E-state index contributed by atoms with van der Waals surface area (Å²) in [6.45, 7) is 6.50. The number of nitrogens with one attached hydrogen (secondary N) is 2. The summed E-state index contributed by atoms with van der Waals surface area (Å²) in [5.41, 5.74) is 2.92. The van der Waals surface area contributed by atoms with Crippen molar-refractivity contribution in [2.75, 3.05) is 54.0 Å². The van der Waals surface area contributed by atoms with E-state index in [0.717, 1.165) is 51.9 Å². The fraction of sp³-hybridized carbons (Fsp3) is 0.696. The summed E-state index contributed by atoms with van der Waals surface area (Å²) in [6.07, 6.45) is 6.54. The first-order valence-electron chi connectivity index (χ1n) is 11.1. The highest BCUT2D eigenvalue weighted by atomic mass is 127. The summed E-state index contributed by atoms with van der Waals surface area (Å²) >= 11 is 0. The van der Waals surface area contributed by atoms with Gasteiger partial charge >= 0.3 is 0 Å². The lowest BCUT2D eigenvalue weighted by molar-refractivity contribution is -0.0352. The van der Waals surface area contributed by atoms with E-state index in [1.54, 1.807) is 0 Å². The molecule has 2 fully saturated rings. The van der Waals surface area contributed by atoms with Gasteiger partial charge in [-0.25, -0.2) is 0 Å². The van der Waals surface area contributed by atoms with Crippen LogP contribution in [-0.4, -0.2) is 75.3 Å². The van der Waals surface area contributed by atoms with E-state index in [-0.39, 0.29) is 29.5 Å². The molecule has 1 aromatic carbocycles. The molecule has 170 valence electrons. The van der Waals surface area contributed by atoms with Crippen LogP contribution in [0.15, 0.2) is 29.3 Å². The fourth-order valence-corrected chi connectivity index (χ4v) is 4.73. The topological polar surface area (TPSA) is 52.1 Å². The summed E-state index contributed by atoms with van der Waals surface area (Å²) in [5.74, 6) is 0.892. The first-order chi connectivity index (χ1) is 14.1. The van der Waals surface area contributed by atoms with Crippen LogP contribution in [-0.2, 0) is 17.8 Å². The largest absolute Gasteiger partial charge is 0.379 e. The molecule has 3 rings (SSSR count). The van der Waals surface area contributed by atoms with Gasteiger partial charge in [0.05, 0.1) is 13.2 Å². The predicted molar refractivity (Wildman–Crippen MR) is 136 cm³/mol. The van der Waals surface area contributed by atoms with Crippen LogP contribution < -0.4 is 10.6 Å². The normalized spacial score (nSPS) is 19.9. The van der Waals surface area contributed by atoms with Crippen LogP contribution >= 0.6 is 24.0 Å². The molecule has 0 spiro atoms. The molecule has 1 heterocycles. The van der Waals surface area contributed by atoms with E-state index < -0.39 is 0 Å². The highest BCUT2D eigenvalue weighted by Crippen LogP contribution is 2.33. The number of morpholine rings is 1. The third-order valence-electron chi connectivity index (χ3n) is 6.33. The van der Waals surface area contributed by atoms with Crippen molar-refractivity contribution in [3.05, 3.63) is 35.4 Å². The summed E-state index contributed by atoms with van der Waals surface area (Å²) in [7, 11) is 6.09. The number of halogens is 1. The Morgan fingerprint density at radius 2 is 1.73 bits per heavy atom. The Morgan fingerprint density at radius 1 is 1.07 bits per heavy atom. The smallest absolute Gasteiger partial charge is 0.191 e. The zero-order chi connectivity index (χ0) is 20.5. The summed E-state index contributed by atoms with van der Waals surface area (Å²) in [4.78, 5) is 9.37. The van der Waals surface area contributed by atoms with Crippen LogP contribution in [0.5, 0.6) is 0 Å². The van der Waals surface area contributed by atoms with Gasteiger partial charge in [0.1, 0.15) is 0 Å². The molecule has 7 heteroatoms. The molecule has 0 aromatic heterocycles. The van der Waals surface area contributed by atoms with Gasteiger partial charge in [-0.3, -0.25) is 9.89 Å². The molecule has 6 nitrogen and oxygen atoms in total. The van der Waals surface area contributed by atoms with Crippen LogP contribution in [0.2, 0.25) is 0 Å². The monoisotopic (exact) mass is 529 g/mol. The van der Waals surface area contributed by atoms with Gasteiger partial charge in [-0.2, -0.15) is 0 Å². The molecular weight excluding hydrogens is 489 g/mol. The van der Waals surface area contributed by atoms with Crippen molar-refractivity contribution < 1.29 is 4.74 Å². The molecule has 0 unspecified atom stereocenters. The molecular formula is C23H40IN5O. The molecule has 2 N–H and O–H groups in total. The van der Waals surface area contributed by atoms with Crippen molar-refractivity contribution in [2.45, 2.75) is 50.7 Å². The first kappa shape index (κ1) is 25.4. The number of guanidine groups is 1. The van der Waals surface area contributed by atoms with Crippen LogP contribution in [0.4, 0.5) is 0 Å². The van der Waals surface area contributed by atoms with Gasteiger partial charge in [0.2, 0.25) is 0 Å². The number of rotatable bonds is 7. The standard InChI is InChI=1S/C23H39N5O.HI/c1-24-22(25-17-20-9-5-6-10-21(20)18-27(2)3)26-19-23(11-7-4-8-12-23)28-13-15-29-16-14-28;/h5-6,9-10H,4,7-8,11-19H2,1-3H3,(H2,24,25,26);1H. The summed E-state index contributed by atoms with van der Waals surface area (Å²) in [6, 6.07) is 8.64. The molecule has 0 radical (unpaired) electrons. The average molecular weight is 530 g/mol. The van der Waals surface area contributed by atoms with Gasteiger partial charge in [0.25, 0.3) is 0 Å². The van der Waals surface area contributed by atoms with Gasteiger partial charge in [-0.05, 0) is 38.1 Å². The maximum absolute atomic E-state index is 5.61. The van der Waals surface area contributed by atoms with Gasteiger partial charge in [0.15, 0.2) is 5.96 Å². The van der Waals surface area contributed by atoms with Gasteiger partial charge in [0, 0.05) is 45.3 Å². The number of benzene rings is 1. The molecule has 30 heavy (non-hydrogen) atoms. The zero-order valence-electron chi connectivity index (χ0n) is 19.0. The lowest BCUT2D eigenvalue weighted by Gasteiger charge is -2.48. The second-order valence-electron chi connectivity index (χ2n) is 8.67. The molecule has 0 atom stereocenters. The maximum Gasteiger partial charge on any atom is 0.191 e. The Kier molecular flexibility index (Phi) is 10.8. The van der Waals surface area contributed by atoms with Crippen LogP contribution in [0.1, 0.15) is 43.2 Å². The number of hydrogen-bond donors (Lipinski definition) is 2. The van der Waals surface area contributed by atoms with E-state index in [4.69, 9.17) is 4.74 Å². The van der Waals surface area contributed by atoms with Crippen molar-refractivity contribution in [1.82, 2.24) is 20.4 Å². The Labute approximate surface area is 199 Å². The van der Waals surface area contributed by atoms with E-state index in [1.165, 1.54) is 43.2 Å². The van der Waals surface area contributed by atoms with E-state index in [9.17, 15) is 0 Å². The lowest BCUT2D eigenvalue weighted by Crippen LogP contribution is -2.60. The summed E-state index contributed by atoms with van der Waals surface area (Å²) in [5, 5.41) is 7.19. The van der Waals surface area contributed by atoms with Gasteiger partial charge in [-0.1, -0.05) is 43.5 Å². The third kappa shape index (κ3) is 7.07.